The van der Waals surface area contributed by atoms with E-state index in [0.717, 1.165) is 16.7 Å². The molecule has 0 unspecified atom stereocenters. The zero-order valence-electron chi connectivity index (χ0n) is 12.9. The summed E-state index contributed by atoms with van der Waals surface area (Å²) in [6.07, 6.45) is 0. The minimum atomic E-state index is -3.44. The molecule has 124 valence electrons. The van der Waals surface area contributed by atoms with Crippen molar-refractivity contribution < 1.29 is 17.2 Å². The molecule has 0 N–H and O–H groups in total. The molecule has 0 fully saturated rings. The van der Waals surface area contributed by atoms with Gasteiger partial charge in [0.2, 0.25) is 0 Å². The van der Waals surface area contributed by atoms with E-state index < -0.39 is 15.6 Å². The van der Waals surface area contributed by atoms with Crippen LogP contribution >= 0.6 is 11.8 Å². The third kappa shape index (κ3) is 5.32. The average Bonchev–Trinajstić information content (AvgIpc) is 2.44. The average molecular weight is 356 g/mol. The highest BCUT2D eigenvalue weighted by Gasteiger charge is 2.18. The second-order valence-electron chi connectivity index (χ2n) is 5.45. The molecule has 0 aliphatic heterocycles. The minimum Gasteiger partial charge on any atom is -0.228 e. The van der Waals surface area contributed by atoms with Crippen molar-refractivity contribution in [2.24, 2.45) is 0 Å². The van der Waals surface area contributed by atoms with Crippen molar-refractivity contribution in [3.8, 4) is 0 Å². The van der Waals surface area contributed by atoms with Gasteiger partial charge >= 0.3 is 0 Å². The van der Waals surface area contributed by atoms with Crippen LogP contribution in [-0.4, -0.2) is 14.2 Å². The van der Waals surface area contributed by atoms with Gasteiger partial charge in [0.1, 0.15) is 0 Å². The highest BCUT2D eigenvalue weighted by molar-refractivity contribution is 7.99. The fourth-order valence-corrected chi connectivity index (χ4v) is 4.66. The molecular weight excluding hydrogens is 338 g/mol. The van der Waals surface area contributed by atoms with Crippen LogP contribution in [0.15, 0.2) is 47.4 Å². The largest absolute Gasteiger partial charge is 0.288 e. The van der Waals surface area contributed by atoms with Crippen LogP contribution in [0.4, 0.5) is 8.78 Å². The molecule has 23 heavy (non-hydrogen) atoms. The standard InChI is InChI=1S/C17H18F2O2S2/c1-12-7-8-13(2)15(9-12)11-23(20,21)10-14-5-3-4-6-16(14)22-17(18)19/h3-9,17H,10-11H2,1-2H3. The van der Waals surface area contributed by atoms with Crippen molar-refractivity contribution in [1.82, 2.24) is 0 Å². The summed E-state index contributed by atoms with van der Waals surface area (Å²) in [5.41, 5.74) is 3.08. The van der Waals surface area contributed by atoms with E-state index >= 15 is 0 Å². The summed E-state index contributed by atoms with van der Waals surface area (Å²) in [5.74, 6) is -2.90. The van der Waals surface area contributed by atoms with Crippen LogP contribution in [0.1, 0.15) is 22.3 Å². The Kier molecular flexibility index (Phi) is 5.81. The van der Waals surface area contributed by atoms with Gasteiger partial charge < -0.3 is 0 Å². The van der Waals surface area contributed by atoms with Crippen LogP contribution in [0.2, 0.25) is 0 Å². The molecular formula is C17H18F2O2S2. The van der Waals surface area contributed by atoms with Gasteiger partial charge in [-0.05, 0) is 36.6 Å². The van der Waals surface area contributed by atoms with Gasteiger partial charge in [0.25, 0.3) is 5.76 Å². The lowest BCUT2D eigenvalue weighted by atomic mass is 10.1. The molecule has 2 nitrogen and oxygen atoms in total. The maximum Gasteiger partial charge on any atom is 0.288 e. The number of sulfone groups is 1. The van der Waals surface area contributed by atoms with Gasteiger partial charge in [-0.3, -0.25) is 0 Å². The Morgan fingerprint density at radius 1 is 1.00 bits per heavy atom. The smallest absolute Gasteiger partial charge is 0.228 e. The van der Waals surface area contributed by atoms with E-state index in [9.17, 15) is 17.2 Å². The van der Waals surface area contributed by atoms with Crippen molar-refractivity contribution in [1.29, 1.82) is 0 Å². The van der Waals surface area contributed by atoms with E-state index in [2.05, 4.69) is 0 Å². The number of halogens is 2. The number of hydrogen-bond acceptors (Lipinski definition) is 3. The van der Waals surface area contributed by atoms with E-state index in [1.165, 1.54) is 6.07 Å². The van der Waals surface area contributed by atoms with E-state index in [1.54, 1.807) is 18.2 Å². The van der Waals surface area contributed by atoms with Crippen LogP contribution in [0, 0.1) is 13.8 Å². The van der Waals surface area contributed by atoms with Crippen molar-refractivity contribution >= 4 is 21.6 Å². The van der Waals surface area contributed by atoms with Crippen LogP contribution in [0.5, 0.6) is 0 Å². The Hall–Kier alpha value is -1.40. The summed E-state index contributed by atoms with van der Waals surface area (Å²) >= 11 is 0.380. The molecule has 2 aromatic rings. The molecule has 0 heterocycles. The van der Waals surface area contributed by atoms with E-state index in [1.807, 2.05) is 32.0 Å². The van der Waals surface area contributed by atoms with Crippen LogP contribution in [0.3, 0.4) is 0 Å². The van der Waals surface area contributed by atoms with Gasteiger partial charge in [0, 0.05) is 4.90 Å². The molecule has 0 bridgehead atoms. The Balaban J connectivity index is 2.23. The highest BCUT2D eigenvalue weighted by atomic mass is 32.2. The van der Waals surface area contributed by atoms with Gasteiger partial charge in [-0.25, -0.2) is 8.42 Å². The van der Waals surface area contributed by atoms with Crippen LogP contribution in [-0.2, 0) is 21.3 Å². The van der Waals surface area contributed by atoms with Crippen LogP contribution in [0.25, 0.3) is 0 Å². The van der Waals surface area contributed by atoms with Gasteiger partial charge in [-0.1, -0.05) is 53.7 Å². The zero-order chi connectivity index (χ0) is 17.0. The fraction of sp³-hybridized carbons (Fsp3) is 0.294. The summed E-state index contributed by atoms with van der Waals surface area (Å²) < 4.78 is 50.1. The fourth-order valence-electron chi connectivity index (χ4n) is 2.31. The minimum absolute atomic E-state index is 0.0891. The van der Waals surface area contributed by atoms with E-state index in [0.29, 0.717) is 22.2 Å². The number of alkyl halides is 2. The molecule has 0 aromatic heterocycles. The SMILES string of the molecule is Cc1ccc(C)c(CS(=O)(=O)Cc2ccccc2SC(F)F)c1. The predicted octanol–water partition coefficient (Wildman–Crippen LogP) is 4.73. The molecule has 0 saturated carbocycles. The summed E-state index contributed by atoms with van der Waals surface area (Å²) in [7, 11) is -3.44. The highest BCUT2D eigenvalue weighted by Crippen LogP contribution is 2.30. The molecule has 0 spiro atoms. The van der Waals surface area contributed by atoms with Gasteiger partial charge in [0.05, 0.1) is 11.5 Å². The molecule has 0 saturated heterocycles. The molecule has 6 heteroatoms. The molecule has 0 amide bonds. The van der Waals surface area contributed by atoms with Crippen molar-refractivity contribution in [3.05, 3.63) is 64.7 Å². The Morgan fingerprint density at radius 2 is 1.65 bits per heavy atom. The molecule has 0 aliphatic rings. The lowest BCUT2D eigenvalue weighted by Gasteiger charge is -2.11. The summed E-state index contributed by atoms with van der Waals surface area (Å²) in [6.45, 7) is 3.77. The first-order chi connectivity index (χ1) is 10.8. The molecule has 0 radical (unpaired) electrons. The van der Waals surface area contributed by atoms with Gasteiger partial charge in [-0.2, -0.15) is 8.78 Å². The first-order valence-corrected chi connectivity index (χ1v) is 9.76. The van der Waals surface area contributed by atoms with E-state index in [4.69, 9.17) is 0 Å². The van der Waals surface area contributed by atoms with Crippen molar-refractivity contribution in [2.75, 3.05) is 0 Å². The summed E-state index contributed by atoms with van der Waals surface area (Å²) in [6, 6.07) is 12.1. The zero-order valence-corrected chi connectivity index (χ0v) is 14.6. The number of aryl methyl sites for hydroxylation is 2. The molecule has 2 rings (SSSR count). The summed E-state index contributed by atoms with van der Waals surface area (Å²) in [5, 5.41) is 0. The Labute approximate surface area is 139 Å². The molecule has 2 aromatic carbocycles. The molecule has 0 atom stereocenters. The summed E-state index contributed by atoms with van der Waals surface area (Å²) in [4.78, 5) is 0.312. The van der Waals surface area contributed by atoms with Gasteiger partial charge in [-0.15, -0.1) is 0 Å². The Morgan fingerprint density at radius 3 is 2.35 bits per heavy atom. The van der Waals surface area contributed by atoms with Gasteiger partial charge in [0.15, 0.2) is 9.84 Å². The number of rotatable bonds is 6. The number of thioether (sulfide) groups is 1. The first-order valence-electron chi connectivity index (χ1n) is 7.06. The normalized spacial score (nSPS) is 11.9. The van der Waals surface area contributed by atoms with Crippen molar-refractivity contribution in [3.63, 3.8) is 0 Å². The monoisotopic (exact) mass is 356 g/mol. The quantitative estimate of drug-likeness (QED) is 0.702. The maximum atomic E-state index is 12.6. The third-order valence-electron chi connectivity index (χ3n) is 3.44. The predicted molar refractivity (Wildman–Crippen MR) is 90.5 cm³/mol. The Bertz CT molecular complexity index is 787. The lowest BCUT2D eigenvalue weighted by Crippen LogP contribution is -2.09. The first kappa shape index (κ1) is 17.9. The van der Waals surface area contributed by atoms with Crippen LogP contribution < -0.4 is 0 Å². The second-order valence-corrected chi connectivity index (χ2v) is 8.54. The number of benzene rings is 2. The topological polar surface area (TPSA) is 34.1 Å². The van der Waals surface area contributed by atoms with Crippen molar-refractivity contribution in [2.45, 2.75) is 36.0 Å². The van der Waals surface area contributed by atoms with E-state index in [-0.39, 0.29) is 11.5 Å². The maximum absolute atomic E-state index is 12.6. The molecule has 0 aliphatic carbocycles. The number of hydrogen-bond donors (Lipinski definition) is 0. The lowest BCUT2D eigenvalue weighted by molar-refractivity contribution is 0.252. The third-order valence-corrected chi connectivity index (χ3v) is 5.78. The second kappa shape index (κ2) is 7.45.